The van der Waals surface area contributed by atoms with Gasteiger partial charge in [0.05, 0.1) is 0 Å². The van der Waals surface area contributed by atoms with E-state index in [0.29, 0.717) is 18.0 Å². The second-order valence-electron chi connectivity index (χ2n) is 4.57. The maximum Gasteiger partial charge on any atom is 0.331 e. The Labute approximate surface area is 90.8 Å². The van der Waals surface area contributed by atoms with E-state index < -0.39 is 5.97 Å². The topological polar surface area (TPSA) is 40.5 Å². The number of hydrogen-bond donors (Lipinski definition) is 1. The van der Waals surface area contributed by atoms with Gasteiger partial charge in [-0.3, -0.25) is 4.90 Å². The largest absolute Gasteiger partial charge is 0.478 e. The molecule has 0 amide bonds. The summed E-state index contributed by atoms with van der Waals surface area (Å²) in [6.07, 6.45) is 9.27. The Morgan fingerprint density at radius 2 is 2.07 bits per heavy atom. The summed E-state index contributed by atoms with van der Waals surface area (Å²) in [6.45, 7) is 1.77. The standard InChI is InChI=1S/C12H19NO2/c14-12(15)10-6-8-13(9-7-10)11-4-2-1-3-5-11/h6,11H,1-5,7-9H2,(H,14,15). The second-order valence-corrected chi connectivity index (χ2v) is 4.57. The van der Waals surface area contributed by atoms with Gasteiger partial charge in [-0.25, -0.2) is 4.79 Å². The zero-order chi connectivity index (χ0) is 10.7. The van der Waals surface area contributed by atoms with Crippen LogP contribution in [0.25, 0.3) is 0 Å². The molecule has 0 bridgehead atoms. The van der Waals surface area contributed by atoms with Crippen molar-refractivity contribution in [3.63, 3.8) is 0 Å². The summed E-state index contributed by atoms with van der Waals surface area (Å²) in [5.41, 5.74) is 0.599. The molecule has 3 heteroatoms. The number of aliphatic carboxylic acids is 1. The molecule has 2 aliphatic rings. The minimum atomic E-state index is -0.738. The molecule has 1 heterocycles. The Morgan fingerprint density at radius 1 is 1.33 bits per heavy atom. The zero-order valence-corrected chi connectivity index (χ0v) is 9.11. The Morgan fingerprint density at radius 3 is 2.60 bits per heavy atom. The van der Waals surface area contributed by atoms with Crippen molar-refractivity contribution in [1.29, 1.82) is 0 Å². The van der Waals surface area contributed by atoms with Crippen molar-refractivity contribution in [2.75, 3.05) is 13.1 Å². The summed E-state index contributed by atoms with van der Waals surface area (Å²) in [5.74, 6) is -0.738. The van der Waals surface area contributed by atoms with Crippen LogP contribution < -0.4 is 0 Å². The van der Waals surface area contributed by atoms with Crippen LogP contribution in [0.2, 0.25) is 0 Å². The van der Waals surface area contributed by atoms with Crippen LogP contribution in [0, 0.1) is 0 Å². The van der Waals surface area contributed by atoms with Crippen molar-refractivity contribution >= 4 is 5.97 Å². The summed E-state index contributed by atoms with van der Waals surface area (Å²) in [7, 11) is 0. The van der Waals surface area contributed by atoms with Gasteiger partial charge in [0.25, 0.3) is 0 Å². The van der Waals surface area contributed by atoms with Crippen LogP contribution in [-0.2, 0) is 4.79 Å². The van der Waals surface area contributed by atoms with Gasteiger partial charge < -0.3 is 5.11 Å². The second kappa shape index (κ2) is 4.79. The van der Waals surface area contributed by atoms with Crippen LogP contribution in [0.1, 0.15) is 38.5 Å². The Bertz CT molecular complexity index is 267. The van der Waals surface area contributed by atoms with Gasteiger partial charge in [0.1, 0.15) is 0 Å². The van der Waals surface area contributed by atoms with E-state index in [1.165, 1.54) is 32.1 Å². The van der Waals surface area contributed by atoms with Gasteiger partial charge in [0.2, 0.25) is 0 Å². The van der Waals surface area contributed by atoms with Gasteiger partial charge >= 0.3 is 5.97 Å². The molecule has 1 N–H and O–H groups in total. The fourth-order valence-corrected chi connectivity index (χ4v) is 2.66. The van der Waals surface area contributed by atoms with E-state index in [2.05, 4.69) is 4.90 Å². The first kappa shape index (κ1) is 10.7. The van der Waals surface area contributed by atoms with Gasteiger partial charge in [-0.05, 0) is 19.3 Å². The van der Waals surface area contributed by atoms with E-state index in [0.717, 1.165) is 13.1 Å². The summed E-state index contributed by atoms with van der Waals surface area (Å²) < 4.78 is 0. The third kappa shape index (κ3) is 2.59. The van der Waals surface area contributed by atoms with E-state index in [1.807, 2.05) is 6.08 Å². The SMILES string of the molecule is O=C(O)C1=CCN(C2CCCCC2)CC1. The molecule has 0 atom stereocenters. The van der Waals surface area contributed by atoms with Crippen molar-refractivity contribution in [3.8, 4) is 0 Å². The number of carbonyl (C=O) groups is 1. The number of nitrogens with zero attached hydrogens (tertiary/aromatic N) is 1. The summed E-state index contributed by atoms with van der Waals surface area (Å²) >= 11 is 0. The van der Waals surface area contributed by atoms with Crippen molar-refractivity contribution in [2.24, 2.45) is 0 Å². The number of rotatable bonds is 2. The van der Waals surface area contributed by atoms with E-state index in [4.69, 9.17) is 5.11 Å². The Balaban J connectivity index is 1.89. The molecule has 1 fully saturated rings. The quantitative estimate of drug-likeness (QED) is 0.756. The molecule has 2 rings (SSSR count). The molecule has 1 aliphatic heterocycles. The molecule has 0 unspecified atom stereocenters. The van der Waals surface area contributed by atoms with Crippen LogP contribution in [0.3, 0.4) is 0 Å². The highest BCUT2D eigenvalue weighted by molar-refractivity contribution is 5.86. The van der Waals surface area contributed by atoms with Crippen molar-refractivity contribution in [1.82, 2.24) is 4.90 Å². The maximum atomic E-state index is 10.8. The van der Waals surface area contributed by atoms with Crippen molar-refractivity contribution < 1.29 is 9.90 Å². The van der Waals surface area contributed by atoms with Crippen LogP contribution in [0.5, 0.6) is 0 Å². The van der Waals surface area contributed by atoms with Gasteiger partial charge in [-0.2, -0.15) is 0 Å². The van der Waals surface area contributed by atoms with Crippen molar-refractivity contribution in [3.05, 3.63) is 11.6 Å². The molecule has 0 spiro atoms. The smallest absolute Gasteiger partial charge is 0.331 e. The van der Waals surface area contributed by atoms with Crippen LogP contribution in [0.15, 0.2) is 11.6 Å². The lowest BCUT2D eigenvalue weighted by Crippen LogP contribution is -2.40. The average Bonchev–Trinajstić information content (AvgIpc) is 2.30. The number of carboxylic acids is 1. The predicted octanol–water partition coefficient (Wildman–Crippen LogP) is 2.04. The highest BCUT2D eigenvalue weighted by Gasteiger charge is 2.23. The Kier molecular flexibility index (Phi) is 3.41. The van der Waals surface area contributed by atoms with E-state index >= 15 is 0 Å². The number of hydrogen-bond acceptors (Lipinski definition) is 2. The predicted molar refractivity (Wildman–Crippen MR) is 58.8 cm³/mol. The molecule has 0 aromatic rings. The lowest BCUT2D eigenvalue weighted by atomic mass is 9.93. The molecule has 0 saturated heterocycles. The molecule has 1 saturated carbocycles. The Hall–Kier alpha value is -0.830. The van der Waals surface area contributed by atoms with E-state index in [9.17, 15) is 4.79 Å². The molecule has 0 aromatic carbocycles. The summed E-state index contributed by atoms with van der Waals surface area (Å²) in [5, 5.41) is 8.85. The van der Waals surface area contributed by atoms with Gasteiger partial charge in [-0.1, -0.05) is 25.3 Å². The van der Waals surface area contributed by atoms with Crippen molar-refractivity contribution in [2.45, 2.75) is 44.6 Å². The molecule has 1 aliphatic carbocycles. The summed E-state index contributed by atoms with van der Waals surface area (Å²) in [6, 6.07) is 0.713. The molecular weight excluding hydrogens is 190 g/mol. The fourth-order valence-electron chi connectivity index (χ4n) is 2.66. The monoisotopic (exact) mass is 209 g/mol. The first-order valence-electron chi connectivity index (χ1n) is 5.94. The van der Waals surface area contributed by atoms with Crippen LogP contribution in [-0.4, -0.2) is 35.1 Å². The lowest BCUT2D eigenvalue weighted by molar-refractivity contribution is -0.133. The molecule has 0 aromatic heterocycles. The maximum absolute atomic E-state index is 10.8. The van der Waals surface area contributed by atoms with Gasteiger partial charge in [-0.15, -0.1) is 0 Å². The van der Waals surface area contributed by atoms with E-state index in [1.54, 1.807) is 0 Å². The van der Waals surface area contributed by atoms with Crippen LogP contribution >= 0.6 is 0 Å². The third-order valence-corrected chi connectivity index (χ3v) is 3.61. The van der Waals surface area contributed by atoms with Gasteiger partial charge in [0.15, 0.2) is 0 Å². The molecule has 84 valence electrons. The highest BCUT2D eigenvalue weighted by atomic mass is 16.4. The molecule has 0 radical (unpaired) electrons. The average molecular weight is 209 g/mol. The minimum Gasteiger partial charge on any atom is -0.478 e. The normalized spacial score (nSPS) is 24.9. The van der Waals surface area contributed by atoms with Gasteiger partial charge in [0, 0.05) is 24.7 Å². The number of carboxylic acid groups (broad SMARTS) is 1. The fraction of sp³-hybridized carbons (Fsp3) is 0.750. The zero-order valence-electron chi connectivity index (χ0n) is 9.11. The summed E-state index contributed by atoms with van der Waals surface area (Å²) in [4.78, 5) is 13.2. The minimum absolute atomic E-state index is 0.599. The highest BCUT2D eigenvalue weighted by Crippen LogP contribution is 2.24. The molecule has 15 heavy (non-hydrogen) atoms. The first-order chi connectivity index (χ1) is 7.27. The van der Waals surface area contributed by atoms with Crippen LogP contribution in [0.4, 0.5) is 0 Å². The van der Waals surface area contributed by atoms with E-state index in [-0.39, 0.29) is 0 Å². The molecular formula is C12H19NO2. The third-order valence-electron chi connectivity index (χ3n) is 3.61. The molecule has 3 nitrogen and oxygen atoms in total. The lowest BCUT2D eigenvalue weighted by Gasteiger charge is -2.35. The first-order valence-corrected chi connectivity index (χ1v) is 5.94.